The zero-order chi connectivity index (χ0) is 25.0. The number of halogens is 1. The second-order valence-corrected chi connectivity index (χ2v) is 10.5. The SMILES string of the molecule is C[C@@]1(O)[C@H](O)[C@@H](COP2(=O)OCC[C@@H](c3cccc(Cl)c3)O2)O[C@H]1n1cnc2c(=O)[nH]c(N)nc21. The first-order chi connectivity index (χ1) is 16.6. The normalized spacial score (nSPS) is 33.4. The van der Waals surface area contributed by atoms with Gasteiger partial charge in [0, 0.05) is 11.4 Å². The number of aromatic amines is 1. The molecule has 2 aliphatic heterocycles. The highest BCUT2D eigenvalue weighted by molar-refractivity contribution is 7.48. The number of hydrogen-bond acceptors (Lipinski definition) is 11. The summed E-state index contributed by atoms with van der Waals surface area (Å²) in [6, 6.07) is 6.96. The largest absolute Gasteiger partial charge is 0.475 e. The predicted octanol–water partition coefficient (Wildman–Crippen LogP) is 1.67. The number of nitrogens with two attached hydrogens (primary N) is 1. The zero-order valence-corrected chi connectivity index (χ0v) is 20.1. The minimum Gasteiger partial charge on any atom is -0.387 e. The van der Waals surface area contributed by atoms with Crippen LogP contribution in [0.1, 0.15) is 31.2 Å². The number of anilines is 1. The van der Waals surface area contributed by atoms with Crippen molar-refractivity contribution in [2.75, 3.05) is 18.9 Å². The fourth-order valence-electron chi connectivity index (χ4n) is 4.17. The van der Waals surface area contributed by atoms with Gasteiger partial charge in [0.05, 0.1) is 25.6 Å². The van der Waals surface area contributed by atoms with Gasteiger partial charge in [-0.1, -0.05) is 23.7 Å². The Morgan fingerprint density at radius 1 is 1.46 bits per heavy atom. The summed E-state index contributed by atoms with van der Waals surface area (Å²) in [6.45, 7) is 1.04. The summed E-state index contributed by atoms with van der Waals surface area (Å²) in [6.07, 6.45) is -2.69. The van der Waals surface area contributed by atoms with Gasteiger partial charge in [-0.25, -0.2) is 9.55 Å². The van der Waals surface area contributed by atoms with Crippen LogP contribution in [0.4, 0.5) is 5.95 Å². The van der Waals surface area contributed by atoms with Crippen LogP contribution in [0, 0.1) is 0 Å². The van der Waals surface area contributed by atoms with E-state index in [-0.39, 0.29) is 23.7 Å². The topological polar surface area (TPSA) is 184 Å². The van der Waals surface area contributed by atoms with Crippen LogP contribution in [0.2, 0.25) is 5.02 Å². The Balaban J connectivity index is 1.33. The Labute approximate surface area is 203 Å². The van der Waals surface area contributed by atoms with Crippen molar-refractivity contribution in [3.63, 3.8) is 0 Å². The molecular formula is C20H23ClN5O8P. The lowest BCUT2D eigenvalue weighted by Gasteiger charge is -2.30. The number of nitrogen functional groups attached to an aromatic ring is 1. The smallest absolute Gasteiger partial charge is 0.387 e. The molecule has 0 bridgehead atoms. The predicted molar refractivity (Wildman–Crippen MR) is 123 cm³/mol. The maximum Gasteiger partial charge on any atom is 0.475 e. The second-order valence-electron chi connectivity index (χ2n) is 8.49. The van der Waals surface area contributed by atoms with E-state index in [0.717, 1.165) is 5.56 Å². The molecule has 4 heterocycles. The molecule has 13 nitrogen and oxygen atoms in total. The number of rotatable bonds is 5. The number of H-pyrrole nitrogens is 1. The van der Waals surface area contributed by atoms with Gasteiger partial charge in [0.1, 0.15) is 17.8 Å². The average molecular weight is 528 g/mol. The number of aliphatic hydroxyl groups excluding tert-OH is 1. The number of hydrogen-bond donors (Lipinski definition) is 4. The minimum atomic E-state index is -4.01. The third-order valence-corrected chi connectivity index (χ3v) is 7.67. The molecule has 0 radical (unpaired) electrons. The molecule has 15 heteroatoms. The number of aromatic nitrogens is 4. The van der Waals surface area contributed by atoms with Crippen LogP contribution in [-0.4, -0.2) is 60.8 Å². The van der Waals surface area contributed by atoms with Crippen molar-refractivity contribution in [3.8, 4) is 0 Å². The Hall–Kier alpha value is -2.35. The lowest BCUT2D eigenvalue weighted by Crippen LogP contribution is -2.44. The molecule has 2 aromatic heterocycles. The third kappa shape index (κ3) is 4.50. The number of fused-ring (bicyclic) bond motifs is 1. The van der Waals surface area contributed by atoms with E-state index in [2.05, 4.69) is 15.0 Å². The van der Waals surface area contributed by atoms with Crippen molar-refractivity contribution < 1.29 is 33.1 Å². The Kier molecular flexibility index (Phi) is 6.22. The van der Waals surface area contributed by atoms with Crippen LogP contribution < -0.4 is 11.3 Å². The number of ether oxygens (including phenoxy) is 1. The van der Waals surface area contributed by atoms with E-state index in [1.165, 1.54) is 17.8 Å². The third-order valence-electron chi connectivity index (χ3n) is 5.96. The lowest BCUT2D eigenvalue weighted by molar-refractivity contribution is -0.0953. The van der Waals surface area contributed by atoms with Crippen molar-refractivity contribution >= 4 is 36.5 Å². The molecule has 0 saturated carbocycles. The molecule has 3 aromatic rings. The van der Waals surface area contributed by atoms with Gasteiger partial charge in [0.15, 0.2) is 17.4 Å². The van der Waals surface area contributed by atoms with E-state index in [9.17, 15) is 19.6 Å². The molecule has 0 aliphatic carbocycles. The standard InChI is InChI=1S/C20H23ClN5O8P/c1-20(29)15(27)13(33-18(20)26-9-23-14-16(26)24-19(22)25-17(14)28)8-32-35(30)31-6-5-12(34-35)10-3-2-4-11(21)7-10/h2-4,7,9,12-13,15,18,27,29H,5-6,8H2,1H3,(H3,22,24,25,28)/t12-,13+,15+,18+,20+,35?/m0/s1. The lowest BCUT2D eigenvalue weighted by atomic mass is 9.96. The Bertz CT molecular complexity index is 1360. The highest BCUT2D eigenvalue weighted by Crippen LogP contribution is 2.57. The molecule has 5 N–H and O–H groups in total. The first kappa shape index (κ1) is 24.3. The van der Waals surface area contributed by atoms with Crippen LogP contribution in [0.5, 0.6) is 0 Å². The summed E-state index contributed by atoms with van der Waals surface area (Å²) < 4.78 is 36.6. The quantitative estimate of drug-likeness (QED) is 0.354. The monoisotopic (exact) mass is 527 g/mol. The molecule has 2 aliphatic rings. The van der Waals surface area contributed by atoms with E-state index < -0.39 is 50.1 Å². The summed E-state index contributed by atoms with van der Waals surface area (Å²) in [7, 11) is -4.01. The maximum absolute atomic E-state index is 13.1. The number of aliphatic hydroxyl groups is 2. The average Bonchev–Trinajstić information content (AvgIpc) is 3.31. The van der Waals surface area contributed by atoms with Gasteiger partial charge < -0.3 is 20.7 Å². The van der Waals surface area contributed by atoms with E-state index >= 15 is 0 Å². The maximum atomic E-state index is 13.1. The van der Waals surface area contributed by atoms with E-state index in [1.54, 1.807) is 24.3 Å². The molecule has 2 fully saturated rings. The van der Waals surface area contributed by atoms with E-state index in [4.69, 9.17) is 35.6 Å². The van der Waals surface area contributed by atoms with Crippen LogP contribution >= 0.6 is 19.4 Å². The number of imidazole rings is 1. The Morgan fingerprint density at radius 2 is 2.26 bits per heavy atom. The van der Waals surface area contributed by atoms with Gasteiger partial charge in [-0.2, -0.15) is 4.98 Å². The summed E-state index contributed by atoms with van der Waals surface area (Å²) in [5.74, 6) is -0.152. The molecule has 2 saturated heterocycles. The summed E-state index contributed by atoms with van der Waals surface area (Å²) >= 11 is 6.04. The fourth-order valence-corrected chi connectivity index (χ4v) is 5.76. The Morgan fingerprint density at radius 3 is 3.03 bits per heavy atom. The van der Waals surface area contributed by atoms with Crippen molar-refractivity contribution in [2.45, 2.75) is 43.5 Å². The number of nitrogens with one attached hydrogen (secondary N) is 1. The van der Waals surface area contributed by atoms with Gasteiger partial charge in [-0.3, -0.25) is 27.9 Å². The van der Waals surface area contributed by atoms with Gasteiger partial charge in [0.2, 0.25) is 5.95 Å². The van der Waals surface area contributed by atoms with Gasteiger partial charge in [-0.05, 0) is 24.6 Å². The summed E-state index contributed by atoms with van der Waals surface area (Å²) in [4.78, 5) is 22.5. The van der Waals surface area contributed by atoms with E-state index in [1.807, 2.05) is 0 Å². The molecule has 0 amide bonds. The summed E-state index contributed by atoms with van der Waals surface area (Å²) in [5.41, 5.74) is 3.97. The number of phosphoric acid groups is 1. The molecule has 5 rings (SSSR count). The van der Waals surface area contributed by atoms with Crippen LogP contribution in [0.3, 0.4) is 0 Å². The van der Waals surface area contributed by atoms with Crippen LogP contribution in [0.15, 0.2) is 35.4 Å². The summed E-state index contributed by atoms with van der Waals surface area (Å²) in [5, 5.41) is 22.3. The number of nitrogens with zero attached hydrogens (tertiary/aromatic N) is 3. The second kappa shape index (κ2) is 8.95. The highest BCUT2D eigenvalue weighted by atomic mass is 35.5. The molecular weight excluding hydrogens is 505 g/mol. The van der Waals surface area contributed by atoms with Crippen molar-refractivity contribution in [1.29, 1.82) is 0 Å². The van der Waals surface area contributed by atoms with Gasteiger partial charge in [-0.15, -0.1) is 0 Å². The molecule has 1 aromatic carbocycles. The zero-order valence-electron chi connectivity index (χ0n) is 18.4. The minimum absolute atomic E-state index is 0.0201. The van der Waals surface area contributed by atoms with Crippen LogP contribution in [0.25, 0.3) is 11.2 Å². The molecule has 35 heavy (non-hydrogen) atoms. The van der Waals surface area contributed by atoms with Crippen LogP contribution in [-0.2, 0) is 22.9 Å². The van der Waals surface area contributed by atoms with Crippen molar-refractivity contribution in [1.82, 2.24) is 19.5 Å². The number of benzene rings is 1. The molecule has 188 valence electrons. The van der Waals surface area contributed by atoms with Crippen molar-refractivity contribution in [3.05, 3.63) is 51.5 Å². The molecule has 6 atom stereocenters. The first-order valence-corrected chi connectivity index (χ1v) is 12.5. The van der Waals surface area contributed by atoms with Gasteiger partial charge >= 0.3 is 7.82 Å². The molecule has 1 unspecified atom stereocenters. The highest BCUT2D eigenvalue weighted by Gasteiger charge is 2.54. The molecule has 0 spiro atoms. The van der Waals surface area contributed by atoms with Crippen molar-refractivity contribution in [2.24, 2.45) is 0 Å². The van der Waals surface area contributed by atoms with Gasteiger partial charge in [0.25, 0.3) is 5.56 Å². The first-order valence-electron chi connectivity index (χ1n) is 10.7. The van der Waals surface area contributed by atoms with E-state index in [0.29, 0.717) is 11.4 Å². The number of phosphoric ester groups is 1. The fraction of sp³-hybridized carbons (Fsp3) is 0.450.